The van der Waals surface area contributed by atoms with Crippen LogP contribution in [0.25, 0.3) is 0 Å². The van der Waals surface area contributed by atoms with Crippen molar-refractivity contribution in [2.75, 3.05) is 26.2 Å². The van der Waals surface area contributed by atoms with Crippen molar-refractivity contribution >= 4 is 34.9 Å². The van der Waals surface area contributed by atoms with E-state index in [1.54, 1.807) is 0 Å². The zero-order valence-electron chi connectivity index (χ0n) is 9.39. The minimum atomic E-state index is -1.14. The van der Waals surface area contributed by atoms with Gasteiger partial charge in [0.25, 0.3) is 0 Å². The Morgan fingerprint density at radius 1 is 1.28 bits per heavy atom. The predicted octanol–water partition coefficient (Wildman–Crippen LogP) is -0.326. The number of imide groups is 1. The Morgan fingerprint density at radius 2 is 1.94 bits per heavy atom. The number of rotatable bonds is 4. The molecule has 1 rings (SSSR count). The number of nitrogens with zero attached hydrogens (tertiary/aromatic N) is 2. The van der Waals surface area contributed by atoms with Gasteiger partial charge in [-0.05, 0) is 18.0 Å². The van der Waals surface area contributed by atoms with E-state index in [0.29, 0.717) is 11.3 Å². The van der Waals surface area contributed by atoms with E-state index in [9.17, 15) is 19.2 Å². The number of carbonyl (C=O) groups is 4. The summed E-state index contributed by atoms with van der Waals surface area (Å²) in [5.74, 6) is -1.75. The molecule has 1 fully saturated rings. The van der Waals surface area contributed by atoms with Crippen LogP contribution in [0.3, 0.4) is 0 Å². The van der Waals surface area contributed by atoms with Crippen LogP contribution in [0.5, 0.6) is 0 Å². The SMILES string of the molecule is O=C(O)NCCCN1CCN(C(=O)Cl)C(=O)C1=O. The van der Waals surface area contributed by atoms with Crippen molar-refractivity contribution in [3.8, 4) is 0 Å². The molecule has 0 aliphatic carbocycles. The minimum absolute atomic E-state index is 0.0548. The molecule has 0 bridgehead atoms. The molecule has 0 atom stereocenters. The van der Waals surface area contributed by atoms with E-state index >= 15 is 0 Å². The number of piperazine rings is 1. The third kappa shape index (κ3) is 3.59. The topological polar surface area (TPSA) is 107 Å². The van der Waals surface area contributed by atoms with Gasteiger partial charge in [-0.3, -0.25) is 19.3 Å². The highest BCUT2D eigenvalue weighted by Crippen LogP contribution is 2.08. The molecule has 9 heteroatoms. The first-order valence-corrected chi connectivity index (χ1v) is 5.58. The standard InChI is InChI=1S/C9H12ClN3O5/c10-8(16)13-5-4-12(6(14)7(13)15)3-1-2-11-9(17)18/h11H,1-5H2,(H,17,18). The van der Waals surface area contributed by atoms with Gasteiger partial charge in [-0.25, -0.2) is 4.79 Å². The number of halogens is 1. The van der Waals surface area contributed by atoms with Crippen LogP contribution in [0.1, 0.15) is 6.42 Å². The lowest BCUT2D eigenvalue weighted by Crippen LogP contribution is -2.55. The van der Waals surface area contributed by atoms with Gasteiger partial charge in [0.05, 0.1) is 0 Å². The lowest BCUT2D eigenvalue weighted by molar-refractivity contribution is -0.153. The van der Waals surface area contributed by atoms with Crippen molar-refractivity contribution < 1.29 is 24.3 Å². The van der Waals surface area contributed by atoms with Crippen LogP contribution in [-0.4, -0.2) is 64.4 Å². The fourth-order valence-electron chi connectivity index (χ4n) is 1.52. The van der Waals surface area contributed by atoms with E-state index in [1.807, 2.05) is 0 Å². The zero-order chi connectivity index (χ0) is 13.7. The summed E-state index contributed by atoms with van der Waals surface area (Å²) in [6, 6.07) is 0. The van der Waals surface area contributed by atoms with Crippen molar-refractivity contribution in [2.24, 2.45) is 0 Å². The highest BCUT2D eigenvalue weighted by molar-refractivity contribution is 6.65. The number of amides is 4. The molecule has 0 spiro atoms. The molecule has 18 heavy (non-hydrogen) atoms. The Morgan fingerprint density at radius 3 is 2.50 bits per heavy atom. The molecular formula is C9H12ClN3O5. The maximum atomic E-state index is 11.6. The largest absolute Gasteiger partial charge is 0.465 e. The third-order valence-corrected chi connectivity index (χ3v) is 2.61. The maximum absolute atomic E-state index is 11.6. The molecular weight excluding hydrogens is 266 g/mol. The summed E-state index contributed by atoms with van der Waals surface area (Å²) >= 11 is 5.15. The van der Waals surface area contributed by atoms with Crippen molar-refractivity contribution in [1.82, 2.24) is 15.1 Å². The summed E-state index contributed by atoms with van der Waals surface area (Å²) in [5, 5.41) is 9.51. The van der Waals surface area contributed by atoms with Crippen LogP contribution in [0.4, 0.5) is 9.59 Å². The van der Waals surface area contributed by atoms with Crippen molar-refractivity contribution in [1.29, 1.82) is 0 Å². The number of hydrogen-bond acceptors (Lipinski definition) is 4. The molecule has 0 saturated carbocycles. The first-order chi connectivity index (χ1) is 8.43. The third-order valence-electron chi connectivity index (χ3n) is 2.40. The van der Waals surface area contributed by atoms with Gasteiger partial charge in [-0.2, -0.15) is 0 Å². The summed E-state index contributed by atoms with van der Waals surface area (Å²) in [4.78, 5) is 45.9. The predicted molar refractivity (Wildman–Crippen MR) is 60.2 cm³/mol. The van der Waals surface area contributed by atoms with E-state index in [0.717, 1.165) is 0 Å². The molecule has 1 heterocycles. The van der Waals surface area contributed by atoms with E-state index in [4.69, 9.17) is 16.7 Å². The van der Waals surface area contributed by atoms with Gasteiger partial charge in [0.2, 0.25) is 0 Å². The molecule has 0 unspecified atom stereocenters. The molecule has 100 valence electrons. The summed E-state index contributed by atoms with van der Waals surface area (Å²) in [7, 11) is 0. The van der Waals surface area contributed by atoms with Gasteiger partial charge < -0.3 is 15.3 Å². The maximum Gasteiger partial charge on any atom is 0.404 e. The number of carbonyl (C=O) groups excluding carboxylic acids is 3. The molecule has 0 aromatic heterocycles. The first kappa shape index (κ1) is 14.2. The minimum Gasteiger partial charge on any atom is -0.465 e. The second-order valence-electron chi connectivity index (χ2n) is 3.59. The smallest absolute Gasteiger partial charge is 0.404 e. The van der Waals surface area contributed by atoms with E-state index in [2.05, 4.69) is 5.32 Å². The first-order valence-electron chi connectivity index (χ1n) is 5.20. The van der Waals surface area contributed by atoms with Gasteiger partial charge in [0.15, 0.2) is 0 Å². The Kier molecular flexibility index (Phi) is 4.90. The summed E-state index contributed by atoms with van der Waals surface area (Å²) < 4.78 is 0. The Bertz CT molecular complexity index is 386. The van der Waals surface area contributed by atoms with E-state index in [1.165, 1.54) is 4.90 Å². The van der Waals surface area contributed by atoms with Gasteiger partial charge in [0.1, 0.15) is 0 Å². The van der Waals surface area contributed by atoms with Crippen LogP contribution in [0.2, 0.25) is 0 Å². The lowest BCUT2D eigenvalue weighted by atomic mass is 10.3. The van der Waals surface area contributed by atoms with Gasteiger partial charge in [-0.1, -0.05) is 0 Å². The highest BCUT2D eigenvalue weighted by atomic mass is 35.5. The molecule has 4 amide bonds. The van der Waals surface area contributed by atoms with Crippen LogP contribution in [-0.2, 0) is 9.59 Å². The van der Waals surface area contributed by atoms with Crippen LogP contribution in [0, 0.1) is 0 Å². The van der Waals surface area contributed by atoms with Gasteiger partial charge >= 0.3 is 23.3 Å². The second-order valence-corrected chi connectivity index (χ2v) is 3.91. The molecule has 1 aliphatic rings. The number of carboxylic acid groups (broad SMARTS) is 1. The normalized spacial score (nSPS) is 15.8. The van der Waals surface area contributed by atoms with Crippen LogP contribution >= 0.6 is 11.6 Å². The average Bonchev–Trinajstić information content (AvgIpc) is 2.29. The van der Waals surface area contributed by atoms with Crippen LogP contribution < -0.4 is 5.32 Å². The second kappa shape index (κ2) is 6.20. The molecule has 8 nitrogen and oxygen atoms in total. The molecule has 0 aromatic rings. The Labute approximate surface area is 107 Å². The fourth-order valence-corrected chi connectivity index (χ4v) is 1.68. The monoisotopic (exact) mass is 277 g/mol. The fraction of sp³-hybridized carbons (Fsp3) is 0.556. The number of nitrogens with one attached hydrogen (secondary N) is 1. The lowest BCUT2D eigenvalue weighted by Gasteiger charge is -2.31. The summed E-state index contributed by atoms with van der Waals surface area (Å²) in [6.45, 7) is 0.690. The quantitative estimate of drug-likeness (QED) is 0.317. The Hall–Kier alpha value is -1.83. The van der Waals surface area contributed by atoms with Crippen molar-refractivity contribution in [3.63, 3.8) is 0 Å². The number of hydrogen-bond donors (Lipinski definition) is 2. The van der Waals surface area contributed by atoms with E-state index in [-0.39, 0.29) is 26.2 Å². The summed E-state index contributed by atoms with van der Waals surface area (Å²) in [5.41, 5.74) is 0. The van der Waals surface area contributed by atoms with Crippen molar-refractivity contribution in [3.05, 3.63) is 0 Å². The average molecular weight is 278 g/mol. The van der Waals surface area contributed by atoms with Gasteiger partial charge in [-0.15, -0.1) is 0 Å². The zero-order valence-corrected chi connectivity index (χ0v) is 10.1. The van der Waals surface area contributed by atoms with E-state index < -0.39 is 23.3 Å². The summed E-state index contributed by atoms with van der Waals surface area (Å²) in [6.07, 6.45) is -0.755. The Balaban J connectivity index is 2.41. The van der Waals surface area contributed by atoms with Crippen molar-refractivity contribution in [2.45, 2.75) is 6.42 Å². The molecule has 1 saturated heterocycles. The molecule has 2 N–H and O–H groups in total. The van der Waals surface area contributed by atoms with Crippen LogP contribution in [0.15, 0.2) is 0 Å². The molecule has 0 aromatic carbocycles. The molecule has 0 radical (unpaired) electrons. The molecule has 1 aliphatic heterocycles. The van der Waals surface area contributed by atoms with Gasteiger partial charge in [0, 0.05) is 26.2 Å². The highest BCUT2D eigenvalue weighted by Gasteiger charge is 2.34.